The molecule has 0 saturated carbocycles. The Bertz CT molecular complexity index is 1420. The van der Waals surface area contributed by atoms with Crippen LogP contribution in [0.25, 0.3) is 11.1 Å². The number of rotatable bonds is 7. The first-order valence-corrected chi connectivity index (χ1v) is 12.2. The van der Waals surface area contributed by atoms with Gasteiger partial charge < -0.3 is 10.0 Å². The number of carbonyl (C=O) groups is 2. The number of aliphatic carboxylic acids is 1. The largest absolute Gasteiger partial charge is 0.480 e. The number of hydrogen-bond acceptors (Lipinski definition) is 4. The number of carbonyl (C=O) groups excluding carboxylic acids is 1. The highest BCUT2D eigenvalue weighted by molar-refractivity contribution is 7.92. The number of fused-ring (bicyclic) bond motifs is 1. The van der Waals surface area contributed by atoms with Gasteiger partial charge in [0.1, 0.15) is 6.04 Å². The van der Waals surface area contributed by atoms with Crippen LogP contribution in [0.5, 0.6) is 0 Å². The third kappa shape index (κ3) is 4.74. The predicted octanol–water partition coefficient (Wildman–Crippen LogP) is 4.50. The molecular weight excluding hydrogens is 478 g/mol. The molecule has 1 unspecified atom stereocenters. The van der Waals surface area contributed by atoms with Crippen LogP contribution in [-0.2, 0) is 21.4 Å². The molecule has 4 rings (SSSR count). The number of nitrogens with zero attached hydrogens (tertiary/aromatic N) is 1. The van der Waals surface area contributed by atoms with Gasteiger partial charge >= 0.3 is 5.97 Å². The topological polar surface area (TPSA) is 104 Å². The van der Waals surface area contributed by atoms with Gasteiger partial charge in [-0.25, -0.2) is 22.0 Å². The van der Waals surface area contributed by atoms with Crippen molar-refractivity contribution in [2.45, 2.75) is 31.3 Å². The van der Waals surface area contributed by atoms with Crippen LogP contribution < -0.4 is 4.72 Å². The molecule has 10 heteroatoms. The van der Waals surface area contributed by atoms with Crippen molar-refractivity contribution in [3.63, 3.8) is 0 Å². The Morgan fingerprint density at radius 3 is 2.23 bits per heavy atom. The maximum atomic E-state index is 13.4. The maximum Gasteiger partial charge on any atom is 0.326 e. The molecule has 3 aromatic rings. The summed E-state index contributed by atoms with van der Waals surface area (Å²) in [5, 5.41) is 9.56. The third-order valence-corrected chi connectivity index (χ3v) is 7.21. The summed E-state index contributed by atoms with van der Waals surface area (Å²) in [6, 6.07) is 13.0. The molecule has 0 fully saturated rings. The van der Waals surface area contributed by atoms with Gasteiger partial charge in [0, 0.05) is 17.8 Å². The van der Waals surface area contributed by atoms with Crippen LogP contribution in [0, 0.1) is 17.6 Å². The van der Waals surface area contributed by atoms with E-state index in [9.17, 15) is 31.9 Å². The molecule has 1 aliphatic heterocycles. The van der Waals surface area contributed by atoms with E-state index in [0.29, 0.717) is 17.2 Å². The van der Waals surface area contributed by atoms with E-state index in [1.54, 1.807) is 38.1 Å². The van der Waals surface area contributed by atoms with Gasteiger partial charge in [-0.2, -0.15) is 0 Å². The van der Waals surface area contributed by atoms with Crippen molar-refractivity contribution in [2.24, 2.45) is 5.92 Å². The fourth-order valence-corrected chi connectivity index (χ4v) is 5.18. The van der Waals surface area contributed by atoms with E-state index >= 15 is 0 Å². The Balaban J connectivity index is 1.54. The highest BCUT2D eigenvalue weighted by atomic mass is 32.2. The van der Waals surface area contributed by atoms with E-state index < -0.39 is 38.6 Å². The first-order valence-electron chi connectivity index (χ1n) is 10.7. The number of amides is 1. The molecule has 35 heavy (non-hydrogen) atoms. The molecule has 1 heterocycles. The van der Waals surface area contributed by atoms with Crippen LogP contribution in [0.15, 0.2) is 65.6 Å². The summed E-state index contributed by atoms with van der Waals surface area (Å²) >= 11 is 0. The summed E-state index contributed by atoms with van der Waals surface area (Å²) in [6.07, 6.45) is 0. The molecule has 0 spiro atoms. The Morgan fingerprint density at radius 1 is 0.971 bits per heavy atom. The molecule has 182 valence electrons. The van der Waals surface area contributed by atoms with Gasteiger partial charge in [-0.1, -0.05) is 32.0 Å². The lowest BCUT2D eigenvalue weighted by Gasteiger charge is -2.27. The van der Waals surface area contributed by atoms with Gasteiger partial charge in [-0.05, 0) is 65.1 Å². The maximum absolute atomic E-state index is 13.4. The van der Waals surface area contributed by atoms with Crippen molar-refractivity contribution in [3.8, 4) is 11.1 Å². The summed E-state index contributed by atoms with van der Waals surface area (Å²) in [5.74, 6) is -4.04. The number of nitrogens with one attached hydrogen (secondary N) is 1. The highest BCUT2D eigenvalue weighted by Crippen LogP contribution is 2.32. The van der Waals surface area contributed by atoms with Crippen LogP contribution in [0.3, 0.4) is 0 Å². The second-order valence-corrected chi connectivity index (χ2v) is 10.3. The molecule has 1 amide bonds. The van der Waals surface area contributed by atoms with Crippen LogP contribution >= 0.6 is 0 Å². The second kappa shape index (κ2) is 9.10. The number of sulfonamides is 1. The number of carboxylic acid groups (broad SMARTS) is 1. The normalized spacial score (nSPS) is 14.2. The Morgan fingerprint density at radius 2 is 1.63 bits per heavy atom. The van der Waals surface area contributed by atoms with E-state index in [1.807, 2.05) is 6.07 Å². The van der Waals surface area contributed by atoms with E-state index in [4.69, 9.17) is 0 Å². The fourth-order valence-electron chi connectivity index (χ4n) is 4.11. The number of halogens is 2. The van der Waals surface area contributed by atoms with Crippen molar-refractivity contribution in [1.29, 1.82) is 0 Å². The minimum atomic E-state index is -4.12. The minimum absolute atomic E-state index is 0.184. The van der Waals surface area contributed by atoms with Gasteiger partial charge in [-0.15, -0.1) is 0 Å². The molecule has 0 aliphatic carbocycles. The zero-order valence-electron chi connectivity index (χ0n) is 18.8. The van der Waals surface area contributed by atoms with E-state index in [0.717, 1.165) is 23.3 Å². The zero-order chi connectivity index (χ0) is 25.5. The first-order chi connectivity index (χ1) is 16.5. The van der Waals surface area contributed by atoms with Crippen molar-refractivity contribution in [3.05, 3.63) is 83.4 Å². The van der Waals surface area contributed by atoms with Crippen LogP contribution in [0.2, 0.25) is 0 Å². The van der Waals surface area contributed by atoms with Gasteiger partial charge in [0.15, 0.2) is 11.6 Å². The number of anilines is 1. The molecule has 1 aliphatic rings. The van der Waals surface area contributed by atoms with Gasteiger partial charge in [0.25, 0.3) is 15.9 Å². The first kappa shape index (κ1) is 24.3. The molecule has 0 bridgehead atoms. The van der Waals surface area contributed by atoms with Crippen molar-refractivity contribution < 1.29 is 31.9 Å². The number of hydrogen-bond donors (Lipinski definition) is 2. The Kier molecular flexibility index (Phi) is 6.33. The molecule has 3 aromatic carbocycles. The van der Waals surface area contributed by atoms with Crippen LogP contribution in [0.1, 0.15) is 29.8 Å². The van der Waals surface area contributed by atoms with Crippen LogP contribution in [0.4, 0.5) is 14.5 Å². The van der Waals surface area contributed by atoms with Gasteiger partial charge in [-0.3, -0.25) is 9.52 Å². The standard InChI is InChI=1S/C25H22F2N2O5S/c1-14(2)23(25(31)32)29-13-17-11-16(5-9-20(17)24(29)30)15-3-6-18(7-4-15)28-35(33,34)19-8-10-21(26)22(27)12-19/h3-12,14,23,28H,13H2,1-2H3,(H,31,32). The van der Waals surface area contributed by atoms with Gasteiger partial charge in [0.2, 0.25) is 0 Å². The Labute approximate surface area is 201 Å². The highest BCUT2D eigenvalue weighted by Gasteiger charge is 2.38. The number of carboxylic acids is 1. The average molecular weight is 501 g/mol. The summed E-state index contributed by atoms with van der Waals surface area (Å²) in [7, 11) is -4.12. The summed E-state index contributed by atoms with van der Waals surface area (Å²) < 4.78 is 53.8. The van der Waals surface area contributed by atoms with Gasteiger partial charge in [0.05, 0.1) is 4.90 Å². The molecular formula is C25H22F2N2O5S. The fraction of sp³-hybridized carbons (Fsp3) is 0.200. The predicted molar refractivity (Wildman–Crippen MR) is 125 cm³/mol. The molecule has 0 aromatic heterocycles. The van der Waals surface area contributed by atoms with Crippen molar-refractivity contribution in [2.75, 3.05) is 4.72 Å². The Hall–Kier alpha value is -3.79. The van der Waals surface area contributed by atoms with Crippen LogP contribution in [-0.4, -0.2) is 36.3 Å². The lowest BCUT2D eigenvalue weighted by molar-refractivity contribution is -0.144. The lowest BCUT2D eigenvalue weighted by atomic mass is 10.0. The third-order valence-electron chi connectivity index (χ3n) is 5.83. The monoisotopic (exact) mass is 500 g/mol. The SMILES string of the molecule is CC(C)C(C(=O)O)N1Cc2cc(-c3ccc(NS(=O)(=O)c4ccc(F)c(F)c4)cc3)ccc2C1=O. The smallest absolute Gasteiger partial charge is 0.326 e. The van der Waals surface area contributed by atoms with E-state index in [2.05, 4.69) is 4.72 Å². The average Bonchev–Trinajstić information content (AvgIpc) is 3.10. The minimum Gasteiger partial charge on any atom is -0.480 e. The zero-order valence-corrected chi connectivity index (χ0v) is 19.6. The summed E-state index contributed by atoms with van der Waals surface area (Å²) in [4.78, 5) is 25.4. The number of benzene rings is 3. The summed E-state index contributed by atoms with van der Waals surface area (Å²) in [5.41, 5.74) is 2.90. The molecule has 0 saturated heterocycles. The van der Waals surface area contributed by atoms with E-state index in [1.165, 1.54) is 17.0 Å². The molecule has 1 atom stereocenters. The van der Waals surface area contributed by atoms with Crippen molar-refractivity contribution in [1.82, 2.24) is 4.90 Å². The quantitative estimate of drug-likeness (QED) is 0.497. The van der Waals surface area contributed by atoms with E-state index in [-0.39, 0.29) is 24.1 Å². The molecule has 2 N–H and O–H groups in total. The molecule has 0 radical (unpaired) electrons. The molecule has 7 nitrogen and oxygen atoms in total. The van der Waals surface area contributed by atoms with Crippen molar-refractivity contribution >= 4 is 27.6 Å². The summed E-state index contributed by atoms with van der Waals surface area (Å²) in [6.45, 7) is 3.69. The second-order valence-electron chi connectivity index (χ2n) is 8.59. The lowest BCUT2D eigenvalue weighted by Crippen LogP contribution is -2.44.